The molecule has 0 radical (unpaired) electrons. The van der Waals surface area contributed by atoms with Gasteiger partial charge in [0.05, 0.1) is 18.3 Å². The molecule has 10 heteroatoms. The molecule has 0 unspecified atom stereocenters. The molecule has 2 saturated heterocycles. The number of ether oxygens (including phenoxy) is 2. The third-order valence-electron chi connectivity index (χ3n) is 11.8. The lowest BCUT2D eigenvalue weighted by atomic mass is 9.75. The van der Waals surface area contributed by atoms with Gasteiger partial charge in [-0.05, 0) is 109 Å². The number of nitrogens with zero attached hydrogens (tertiary/aromatic N) is 1. The molecule has 0 aromatic carbocycles. The Morgan fingerprint density at radius 1 is 0.872 bits per heavy atom. The second kappa shape index (κ2) is 17.6. The number of esters is 1. The second-order valence-electron chi connectivity index (χ2n) is 16.7. The number of aliphatic hydroxyl groups is 1. The van der Waals surface area contributed by atoms with Crippen LogP contribution in [0.2, 0.25) is 0 Å². The molecule has 1 amide bonds. The number of carbonyl (C=O) groups excluding carboxylic acids is 2. The van der Waals surface area contributed by atoms with Gasteiger partial charge >= 0.3 is 5.97 Å². The fourth-order valence-electron chi connectivity index (χ4n) is 8.97. The predicted octanol–water partition coefficient (Wildman–Crippen LogP) is 4.06. The number of hydrogen-bond donors (Lipinski definition) is 5. The summed E-state index contributed by atoms with van der Waals surface area (Å²) in [5.41, 5.74) is -0.970. The van der Waals surface area contributed by atoms with Crippen molar-refractivity contribution in [1.82, 2.24) is 26.2 Å². The van der Waals surface area contributed by atoms with Crippen LogP contribution >= 0.6 is 0 Å². The zero-order chi connectivity index (χ0) is 33.3. The van der Waals surface area contributed by atoms with Crippen LogP contribution in [0, 0.1) is 23.7 Å². The summed E-state index contributed by atoms with van der Waals surface area (Å²) in [5, 5.41) is 25.2. The van der Waals surface area contributed by atoms with Crippen LogP contribution in [0.3, 0.4) is 0 Å². The van der Waals surface area contributed by atoms with Gasteiger partial charge in [0.25, 0.3) is 0 Å². The SMILES string of the molecule is CC(C)(C)OC(=O)CNC(=O)C1CCC(C2CNC(NC3CCC(OCCN4CCC(O)(CC5CCCCC5)CC4)CC3)NC2)CC1. The zero-order valence-electron chi connectivity index (χ0n) is 29.8. The Morgan fingerprint density at radius 2 is 1.53 bits per heavy atom. The van der Waals surface area contributed by atoms with Crippen LogP contribution < -0.4 is 21.3 Å². The van der Waals surface area contributed by atoms with Crippen molar-refractivity contribution >= 4 is 11.9 Å². The average molecular weight is 662 g/mol. The number of amides is 1. The number of piperidine rings is 1. The van der Waals surface area contributed by atoms with Gasteiger partial charge in [-0.2, -0.15) is 0 Å². The third-order valence-corrected chi connectivity index (χ3v) is 11.8. The Balaban J connectivity index is 0.882. The van der Waals surface area contributed by atoms with Gasteiger partial charge in [-0.15, -0.1) is 0 Å². The molecule has 5 N–H and O–H groups in total. The molecule has 10 nitrogen and oxygen atoms in total. The van der Waals surface area contributed by atoms with E-state index in [0.29, 0.717) is 24.0 Å². The van der Waals surface area contributed by atoms with Gasteiger partial charge < -0.3 is 24.8 Å². The first-order valence-electron chi connectivity index (χ1n) is 19.3. The van der Waals surface area contributed by atoms with E-state index in [0.717, 1.165) is 116 Å². The van der Waals surface area contributed by atoms with Gasteiger partial charge in [0.15, 0.2) is 0 Å². The van der Waals surface area contributed by atoms with E-state index in [2.05, 4.69) is 26.2 Å². The molecular weight excluding hydrogens is 594 g/mol. The third kappa shape index (κ3) is 12.2. The number of nitrogens with one attached hydrogen (secondary N) is 4. The van der Waals surface area contributed by atoms with Crippen molar-refractivity contribution < 1.29 is 24.2 Å². The van der Waals surface area contributed by atoms with Crippen LogP contribution in [-0.4, -0.2) is 97.4 Å². The van der Waals surface area contributed by atoms with E-state index in [1.54, 1.807) is 0 Å². The fourth-order valence-corrected chi connectivity index (χ4v) is 8.97. The van der Waals surface area contributed by atoms with Crippen LogP contribution in [0.4, 0.5) is 0 Å². The predicted molar refractivity (Wildman–Crippen MR) is 185 cm³/mol. The maximum atomic E-state index is 12.6. The molecule has 3 saturated carbocycles. The van der Waals surface area contributed by atoms with E-state index in [9.17, 15) is 14.7 Å². The largest absolute Gasteiger partial charge is 0.459 e. The lowest BCUT2D eigenvalue weighted by Gasteiger charge is -2.41. The molecule has 2 aliphatic heterocycles. The molecule has 5 aliphatic rings. The fraction of sp³-hybridized carbons (Fsp3) is 0.946. The Labute approximate surface area is 284 Å². The Morgan fingerprint density at radius 3 is 2.17 bits per heavy atom. The van der Waals surface area contributed by atoms with Gasteiger partial charge in [0.2, 0.25) is 5.91 Å². The van der Waals surface area contributed by atoms with Crippen molar-refractivity contribution in [2.75, 3.05) is 45.9 Å². The Hall–Kier alpha value is -1.30. The smallest absolute Gasteiger partial charge is 0.325 e. The van der Waals surface area contributed by atoms with Crippen LogP contribution in [0.15, 0.2) is 0 Å². The van der Waals surface area contributed by atoms with Crippen molar-refractivity contribution in [2.24, 2.45) is 23.7 Å². The van der Waals surface area contributed by atoms with E-state index >= 15 is 0 Å². The average Bonchev–Trinajstić information content (AvgIpc) is 3.05. The normalized spacial score (nSPS) is 32.9. The van der Waals surface area contributed by atoms with E-state index < -0.39 is 11.2 Å². The van der Waals surface area contributed by atoms with Gasteiger partial charge in [0.1, 0.15) is 18.4 Å². The van der Waals surface area contributed by atoms with Crippen LogP contribution in [0.1, 0.15) is 124 Å². The molecule has 0 bridgehead atoms. The monoisotopic (exact) mass is 662 g/mol. The highest BCUT2D eigenvalue weighted by atomic mass is 16.6. The minimum Gasteiger partial charge on any atom is -0.459 e. The van der Waals surface area contributed by atoms with E-state index in [1.165, 1.54) is 32.1 Å². The number of likely N-dealkylation sites (tertiary alicyclic amines) is 1. The summed E-state index contributed by atoms with van der Waals surface area (Å²) in [6.07, 6.45) is 18.5. The van der Waals surface area contributed by atoms with Gasteiger partial charge in [0, 0.05) is 44.7 Å². The highest BCUT2D eigenvalue weighted by molar-refractivity contribution is 5.83. The first-order chi connectivity index (χ1) is 22.5. The Kier molecular flexibility index (Phi) is 13.8. The lowest BCUT2D eigenvalue weighted by molar-refractivity contribution is -0.154. The maximum absolute atomic E-state index is 12.6. The molecule has 0 aromatic heterocycles. The number of rotatable bonds is 12. The van der Waals surface area contributed by atoms with Crippen molar-refractivity contribution in [3.63, 3.8) is 0 Å². The van der Waals surface area contributed by atoms with E-state index in [4.69, 9.17) is 9.47 Å². The van der Waals surface area contributed by atoms with Crippen molar-refractivity contribution in [2.45, 2.75) is 153 Å². The van der Waals surface area contributed by atoms with Gasteiger partial charge in [-0.1, -0.05) is 32.1 Å². The van der Waals surface area contributed by atoms with Gasteiger partial charge in [-0.25, -0.2) is 0 Å². The van der Waals surface area contributed by atoms with Crippen LogP contribution in [-0.2, 0) is 19.1 Å². The van der Waals surface area contributed by atoms with Crippen LogP contribution in [0.25, 0.3) is 0 Å². The minimum atomic E-state index is -0.539. The first kappa shape index (κ1) is 37.0. The summed E-state index contributed by atoms with van der Waals surface area (Å²) in [6, 6.07) is 0.509. The maximum Gasteiger partial charge on any atom is 0.325 e. The molecule has 47 heavy (non-hydrogen) atoms. The lowest BCUT2D eigenvalue weighted by Crippen LogP contribution is -2.63. The molecule has 5 rings (SSSR count). The second-order valence-corrected chi connectivity index (χ2v) is 16.7. The Bertz CT molecular complexity index is 953. The number of hydrogen-bond acceptors (Lipinski definition) is 9. The summed E-state index contributed by atoms with van der Waals surface area (Å²) in [5.74, 6) is 1.54. The summed E-state index contributed by atoms with van der Waals surface area (Å²) < 4.78 is 11.6. The molecular formula is C37H67N5O5. The quantitative estimate of drug-likeness (QED) is 0.197. The summed E-state index contributed by atoms with van der Waals surface area (Å²) in [7, 11) is 0. The van der Waals surface area contributed by atoms with E-state index in [-0.39, 0.29) is 30.6 Å². The van der Waals surface area contributed by atoms with E-state index in [1.807, 2.05) is 20.8 Å². The standard InChI is InChI=1S/C37H67N5O5/c1-36(2,3)47-33(43)26-38-34(44)29-11-9-28(10-12-29)30-24-39-35(40-25-30)41-31-13-15-32(16-14-31)46-22-21-42-19-17-37(45,18-20-42)23-27-7-5-4-6-8-27/h27-32,35,39-41,45H,4-26H2,1-3H3,(H,38,44). The molecule has 5 fully saturated rings. The molecule has 270 valence electrons. The molecule has 0 spiro atoms. The summed E-state index contributed by atoms with van der Waals surface area (Å²) in [6.45, 7) is 11.2. The minimum absolute atomic E-state index is 0.00581. The summed E-state index contributed by atoms with van der Waals surface area (Å²) in [4.78, 5) is 27.1. The molecule has 3 aliphatic carbocycles. The molecule has 0 aromatic rings. The summed E-state index contributed by atoms with van der Waals surface area (Å²) >= 11 is 0. The zero-order valence-corrected chi connectivity index (χ0v) is 29.8. The van der Waals surface area contributed by atoms with Crippen LogP contribution in [0.5, 0.6) is 0 Å². The highest BCUT2D eigenvalue weighted by Gasteiger charge is 2.36. The van der Waals surface area contributed by atoms with Gasteiger partial charge in [-0.3, -0.25) is 25.5 Å². The first-order valence-corrected chi connectivity index (χ1v) is 19.3. The topological polar surface area (TPSA) is 124 Å². The number of carbonyl (C=O) groups is 2. The molecule has 2 heterocycles. The van der Waals surface area contributed by atoms with Crippen molar-refractivity contribution in [1.29, 1.82) is 0 Å². The highest BCUT2D eigenvalue weighted by Crippen LogP contribution is 2.36. The molecule has 0 atom stereocenters. The van der Waals surface area contributed by atoms with Crippen molar-refractivity contribution in [3.8, 4) is 0 Å². The van der Waals surface area contributed by atoms with Crippen molar-refractivity contribution in [3.05, 3.63) is 0 Å².